The zero-order chi connectivity index (χ0) is 0. The van der Waals surface area contributed by atoms with Gasteiger partial charge in [0.15, 0.2) is 0 Å². The summed E-state index contributed by atoms with van der Waals surface area (Å²) in [7, 11) is 0. The van der Waals surface area contributed by atoms with E-state index in [-0.39, 0.29) is 80.4 Å². The van der Waals surface area contributed by atoms with Crippen molar-refractivity contribution in [1.29, 1.82) is 0 Å². The SMILES string of the molecule is N.S.[CaH2].[MgH2]. The minimum absolute atomic E-state index is 0. The van der Waals surface area contributed by atoms with Gasteiger partial charge in [0.1, 0.15) is 0 Å². The largest absolute Gasteiger partial charge is 0.316 e. The third-order valence-corrected chi connectivity index (χ3v) is 0. The summed E-state index contributed by atoms with van der Waals surface area (Å²) in [6, 6.07) is 0. The van der Waals surface area contributed by atoms with E-state index in [1.165, 1.54) is 0 Å². The van der Waals surface area contributed by atoms with E-state index in [0.29, 0.717) is 0 Å². The van der Waals surface area contributed by atoms with Gasteiger partial charge in [-0.2, -0.15) is 13.5 Å². The van der Waals surface area contributed by atoms with Gasteiger partial charge >= 0.3 is 60.8 Å². The Labute approximate surface area is 79.1 Å². The van der Waals surface area contributed by atoms with Crippen LogP contribution in [-0.2, 0) is 0 Å². The van der Waals surface area contributed by atoms with Crippen molar-refractivity contribution >= 4 is 74.3 Å². The molecule has 0 fully saturated rings. The molecule has 0 aliphatic carbocycles. The molecule has 0 aromatic rings. The molecule has 0 radical (unpaired) electrons. The first-order chi connectivity index (χ1) is 0. The maximum absolute atomic E-state index is 0. The Hall–Kier alpha value is 2.34. The predicted molar refractivity (Wildman–Crippen MR) is 32.5 cm³/mol. The molecule has 0 aromatic carbocycles. The van der Waals surface area contributed by atoms with Gasteiger partial charge in [0, 0.05) is 0 Å². The monoisotopic (exact) mass is 119 g/mol. The van der Waals surface area contributed by atoms with Gasteiger partial charge in [0.2, 0.25) is 0 Å². The smallest absolute Gasteiger partial charge is 0.316 e. The van der Waals surface area contributed by atoms with E-state index in [4.69, 9.17) is 0 Å². The van der Waals surface area contributed by atoms with Gasteiger partial charge in [-0.15, -0.1) is 0 Å². The average molecular weight is 120 g/mol. The Kier molecular flexibility index (Phi) is 152. The second kappa shape index (κ2) is 18.4. The molecule has 0 amide bonds. The van der Waals surface area contributed by atoms with Crippen molar-refractivity contribution in [3.63, 3.8) is 0 Å². The minimum Gasteiger partial charge on any atom is 0.316 e. The van der Waals surface area contributed by atoms with Crippen LogP contribution in [-0.4, -0.2) is 60.8 Å². The van der Waals surface area contributed by atoms with Crippen LogP contribution >= 0.6 is 13.5 Å². The van der Waals surface area contributed by atoms with Gasteiger partial charge in [-0.05, 0) is 0 Å². The second-order valence-electron chi connectivity index (χ2n) is 0. The topological polar surface area (TPSA) is 35.0 Å². The quantitative estimate of drug-likeness (QED) is 0.385. The summed E-state index contributed by atoms with van der Waals surface area (Å²) >= 11 is 0. The van der Waals surface area contributed by atoms with E-state index >= 15 is 0 Å². The summed E-state index contributed by atoms with van der Waals surface area (Å²) in [4.78, 5) is 0. The maximum Gasteiger partial charge on any atom is 0.316 e. The van der Waals surface area contributed by atoms with Crippen molar-refractivity contribution in [3.8, 4) is 0 Å². The van der Waals surface area contributed by atoms with Crippen molar-refractivity contribution in [1.82, 2.24) is 6.15 Å². The van der Waals surface area contributed by atoms with Gasteiger partial charge in [-0.3, -0.25) is 0 Å². The fourth-order valence-electron chi connectivity index (χ4n) is 0. The maximum atomic E-state index is 0. The molecule has 0 saturated heterocycles. The van der Waals surface area contributed by atoms with Crippen molar-refractivity contribution < 1.29 is 0 Å². The average Bonchev–Trinajstić information content (AvgIpc) is 0. The Balaban J connectivity index is 0. The Morgan fingerprint density at radius 3 is 1.00 bits per heavy atom. The van der Waals surface area contributed by atoms with E-state index in [1.54, 1.807) is 0 Å². The molecule has 0 aliphatic rings. The van der Waals surface area contributed by atoms with Gasteiger partial charge in [0.05, 0.1) is 0 Å². The van der Waals surface area contributed by atoms with Gasteiger partial charge < -0.3 is 6.15 Å². The molecule has 0 aliphatic heterocycles. The molecule has 0 heterocycles. The molecule has 4 heavy (non-hydrogen) atoms. The normalized spacial score (nSPS) is 0. The molecule has 0 saturated carbocycles. The molecule has 0 bridgehead atoms. The summed E-state index contributed by atoms with van der Waals surface area (Å²) in [6.07, 6.45) is 0. The zero-order valence-corrected chi connectivity index (χ0v) is 2.21. The Morgan fingerprint density at radius 2 is 1.00 bits per heavy atom. The first kappa shape index (κ1) is 33.1. The number of rotatable bonds is 0. The van der Waals surface area contributed by atoms with Crippen molar-refractivity contribution in [3.05, 3.63) is 0 Å². The van der Waals surface area contributed by atoms with Gasteiger partial charge in [-0.25, -0.2) is 0 Å². The van der Waals surface area contributed by atoms with Crippen LogP contribution in [0.4, 0.5) is 0 Å². The van der Waals surface area contributed by atoms with Crippen LogP contribution in [0, 0.1) is 0 Å². The van der Waals surface area contributed by atoms with Gasteiger partial charge in [0.25, 0.3) is 0 Å². The summed E-state index contributed by atoms with van der Waals surface area (Å²) in [5.74, 6) is 0. The summed E-state index contributed by atoms with van der Waals surface area (Å²) in [6.45, 7) is 0. The van der Waals surface area contributed by atoms with E-state index < -0.39 is 0 Å². The van der Waals surface area contributed by atoms with E-state index in [1.807, 2.05) is 0 Å². The van der Waals surface area contributed by atoms with Crippen LogP contribution in [0.1, 0.15) is 0 Å². The Morgan fingerprint density at radius 1 is 1.00 bits per heavy atom. The van der Waals surface area contributed by atoms with Crippen molar-refractivity contribution in [2.45, 2.75) is 0 Å². The predicted octanol–water partition coefficient (Wildman–Crippen LogP) is -1.56. The molecule has 4 heteroatoms. The zero-order valence-electron chi connectivity index (χ0n) is 1.21. The van der Waals surface area contributed by atoms with Crippen LogP contribution in [0.15, 0.2) is 0 Å². The van der Waals surface area contributed by atoms with Crippen LogP contribution in [0.3, 0.4) is 0 Å². The molecule has 0 aromatic heterocycles. The van der Waals surface area contributed by atoms with Crippen LogP contribution < -0.4 is 6.15 Å². The third kappa shape index (κ3) is 8.84. The first-order valence-corrected chi connectivity index (χ1v) is 0. The van der Waals surface area contributed by atoms with Crippen LogP contribution in [0.2, 0.25) is 0 Å². The third-order valence-electron chi connectivity index (χ3n) is 0. The van der Waals surface area contributed by atoms with Crippen molar-refractivity contribution in [2.24, 2.45) is 0 Å². The molecular formula is H9CaMgNS. The molecule has 0 unspecified atom stereocenters. The van der Waals surface area contributed by atoms with Crippen molar-refractivity contribution in [2.75, 3.05) is 0 Å². The molecule has 0 spiro atoms. The fraction of sp³-hybridized carbons (Fsp3) is 0. The van der Waals surface area contributed by atoms with Crippen LogP contribution in [0.25, 0.3) is 0 Å². The van der Waals surface area contributed by atoms with E-state index in [9.17, 15) is 0 Å². The van der Waals surface area contributed by atoms with Gasteiger partial charge in [-0.1, -0.05) is 0 Å². The molecule has 3 N–H and O–H groups in total. The second-order valence-corrected chi connectivity index (χ2v) is 0. The Bertz CT molecular complexity index is 8.00. The molecule has 0 atom stereocenters. The number of hydrogen-bond donors (Lipinski definition) is 1. The van der Waals surface area contributed by atoms with Crippen LogP contribution in [0.5, 0.6) is 0 Å². The summed E-state index contributed by atoms with van der Waals surface area (Å²) in [5, 5.41) is 0. The molecule has 24 valence electrons. The molecule has 1 nitrogen and oxygen atoms in total. The first-order valence-electron chi connectivity index (χ1n) is 0. The molecule has 0 rings (SSSR count). The fourth-order valence-corrected chi connectivity index (χ4v) is 0. The standard InChI is InChI=1S/Ca.Mg.H3N.H2S.4H/h;;1H3;1H2;;;;. The number of hydrogen-bond acceptors (Lipinski definition) is 1. The summed E-state index contributed by atoms with van der Waals surface area (Å²) in [5.41, 5.74) is 0. The minimum atomic E-state index is 0. The summed E-state index contributed by atoms with van der Waals surface area (Å²) < 4.78 is 0. The van der Waals surface area contributed by atoms with E-state index in [0.717, 1.165) is 0 Å². The molecular weight excluding hydrogens is 110 g/mol. The van der Waals surface area contributed by atoms with E-state index in [2.05, 4.69) is 0 Å².